The zero-order valence-corrected chi connectivity index (χ0v) is 18.0. The molecule has 3 aliphatic rings. The van der Waals surface area contributed by atoms with Crippen LogP contribution >= 0.6 is 0 Å². The van der Waals surface area contributed by atoms with Gasteiger partial charge in [0.05, 0.1) is 0 Å². The van der Waals surface area contributed by atoms with Crippen LogP contribution in [0, 0.1) is 5.92 Å². The van der Waals surface area contributed by atoms with Gasteiger partial charge in [0.2, 0.25) is 5.91 Å². The number of benzene rings is 1. The van der Waals surface area contributed by atoms with E-state index in [2.05, 4.69) is 17.6 Å². The third kappa shape index (κ3) is 4.29. The molecule has 31 heavy (non-hydrogen) atoms. The van der Waals surface area contributed by atoms with Crippen LogP contribution in [-0.4, -0.2) is 58.7 Å². The third-order valence-corrected chi connectivity index (χ3v) is 6.87. The van der Waals surface area contributed by atoms with Crippen molar-refractivity contribution >= 4 is 29.4 Å². The van der Waals surface area contributed by atoms with E-state index in [1.165, 1.54) is 0 Å². The van der Waals surface area contributed by atoms with Crippen LogP contribution in [-0.2, 0) is 9.59 Å². The maximum absolute atomic E-state index is 13.0. The van der Waals surface area contributed by atoms with E-state index >= 15 is 0 Å². The first-order chi connectivity index (χ1) is 14.9. The molecule has 5 amide bonds. The molecule has 0 aromatic heterocycles. The molecule has 0 radical (unpaired) electrons. The van der Waals surface area contributed by atoms with E-state index in [-0.39, 0.29) is 18.4 Å². The van der Waals surface area contributed by atoms with Crippen molar-refractivity contribution in [3.05, 3.63) is 29.8 Å². The first-order valence-corrected chi connectivity index (χ1v) is 11.2. The van der Waals surface area contributed by atoms with E-state index in [9.17, 15) is 19.2 Å². The number of nitrogens with one attached hydrogen (secondary N) is 2. The summed E-state index contributed by atoms with van der Waals surface area (Å²) < 4.78 is 0. The molecule has 2 heterocycles. The zero-order chi connectivity index (χ0) is 22.0. The lowest BCUT2D eigenvalue weighted by molar-refractivity contribution is -0.135. The number of urea groups is 1. The van der Waals surface area contributed by atoms with Crippen molar-refractivity contribution in [1.82, 2.24) is 15.1 Å². The van der Waals surface area contributed by atoms with Gasteiger partial charge >= 0.3 is 6.03 Å². The second-order valence-corrected chi connectivity index (χ2v) is 8.88. The molecule has 1 saturated carbocycles. The van der Waals surface area contributed by atoms with Crippen LogP contribution in [0.25, 0.3) is 0 Å². The van der Waals surface area contributed by atoms with Crippen molar-refractivity contribution in [2.45, 2.75) is 57.4 Å². The minimum atomic E-state index is -0.856. The van der Waals surface area contributed by atoms with Gasteiger partial charge in [-0.1, -0.05) is 19.4 Å². The summed E-state index contributed by atoms with van der Waals surface area (Å²) in [6.45, 7) is 3.31. The first-order valence-electron chi connectivity index (χ1n) is 11.2. The summed E-state index contributed by atoms with van der Waals surface area (Å²) >= 11 is 0. The van der Waals surface area contributed by atoms with Gasteiger partial charge in [-0.15, -0.1) is 0 Å². The Bertz CT molecular complexity index is 885. The Morgan fingerprint density at radius 2 is 1.87 bits per heavy atom. The Morgan fingerprint density at radius 3 is 2.55 bits per heavy atom. The van der Waals surface area contributed by atoms with Gasteiger partial charge in [0.25, 0.3) is 11.8 Å². The largest absolute Gasteiger partial charge is 0.339 e. The second-order valence-electron chi connectivity index (χ2n) is 8.88. The van der Waals surface area contributed by atoms with Gasteiger partial charge in [-0.05, 0) is 62.6 Å². The molecular weight excluding hydrogens is 396 g/mol. The maximum Gasteiger partial charge on any atom is 0.325 e. The molecule has 0 unspecified atom stereocenters. The van der Waals surface area contributed by atoms with Crippen LogP contribution in [0.3, 0.4) is 0 Å². The predicted molar refractivity (Wildman–Crippen MR) is 115 cm³/mol. The molecule has 3 fully saturated rings. The molecule has 4 rings (SSSR count). The van der Waals surface area contributed by atoms with E-state index in [1.807, 2.05) is 0 Å². The zero-order valence-electron chi connectivity index (χ0n) is 18.0. The van der Waals surface area contributed by atoms with Gasteiger partial charge < -0.3 is 15.5 Å². The van der Waals surface area contributed by atoms with Crippen LogP contribution in [0.5, 0.6) is 0 Å². The number of carbonyl (C=O) groups is 4. The van der Waals surface area contributed by atoms with Crippen molar-refractivity contribution in [2.24, 2.45) is 5.92 Å². The fraction of sp³-hybridized carbons (Fsp3) is 0.565. The van der Waals surface area contributed by atoms with Crippen LogP contribution < -0.4 is 10.6 Å². The molecule has 1 aromatic rings. The number of carbonyl (C=O) groups excluding carboxylic acids is 4. The number of rotatable bonds is 5. The normalized spacial score (nSPS) is 25.8. The number of amides is 5. The smallest absolute Gasteiger partial charge is 0.325 e. The molecule has 8 heteroatoms. The minimum absolute atomic E-state index is 0.0488. The highest BCUT2D eigenvalue weighted by molar-refractivity contribution is 6.10. The van der Waals surface area contributed by atoms with Crippen molar-refractivity contribution in [2.75, 3.05) is 25.0 Å². The van der Waals surface area contributed by atoms with E-state index < -0.39 is 17.5 Å². The lowest BCUT2D eigenvalue weighted by atomic mass is 9.75. The number of anilines is 1. The van der Waals surface area contributed by atoms with Crippen molar-refractivity contribution < 1.29 is 19.2 Å². The lowest BCUT2D eigenvalue weighted by Crippen LogP contribution is -2.49. The highest BCUT2D eigenvalue weighted by atomic mass is 16.2. The van der Waals surface area contributed by atoms with Crippen molar-refractivity contribution in [3.63, 3.8) is 0 Å². The molecule has 2 saturated heterocycles. The Balaban J connectivity index is 1.38. The number of imide groups is 1. The SMILES string of the molecule is CCC1CCC2(CC1)NC(=O)N(CC(=O)Nc1cccc(C(=O)N3CCCC3)c1)C2=O. The average Bonchev–Trinajstić information content (AvgIpc) is 3.38. The van der Waals surface area contributed by atoms with Crippen molar-refractivity contribution in [1.29, 1.82) is 0 Å². The van der Waals surface area contributed by atoms with Crippen LogP contribution in [0.1, 0.15) is 62.2 Å². The molecule has 8 nitrogen and oxygen atoms in total. The summed E-state index contributed by atoms with van der Waals surface area (Å²) in [6.07, 6.45) is 6.14. The molecule has 1 spiro atoms. The summed E-state index contributed by atoms with van der Waals surface area (Å²) in [5.41, 5.74) is 0.132. The Labute approximate surface area is 182 Å². The molecule has 0 bridgehead atoms. The molecule has 2 aliphatic heterocycles. The summed E-state index contributed by atoms with van der Waals surface area (Å²) in [6, 6.07) is 6.27. The number of nitrogens with zero attached hydrogens (tertiary/aromatic N) is 2. The minimum Gasteiger partial charge on any atom is -0.339 e. The van der Waals surface area contributed by atoms with Gasteiger partial charge in [-0.2, -0.15) is 0 Å². The molecule has 166 valence electrons. The molecule has 0 atom stereocenters. The van der Waals surface area contributed by atoms with Gasteiger partial charge in [-0.25, -0.2) is 4.79 Å². The molecular formula is C23H30N4O4. The number of hydrogen-bond donors (Lipinski definition) is 2. The third-order valence-electron chi connectivity index (χ3n) is 6.87. The quantitative estimate of drug-likeness (QED) is 0.707. The highest BCUT2D eigenvalue weighted by Gasteiger charge is 2.52. The molecule has 2 N–H and O–H groups in total. The van der Waals surface area contributed by atoms with E-state index in [0.717, 1.165) is 50.1 Å². The molecule has 1 aliphatic carbocycles. The molecule has 1 aromatic carbocycles. The fourth-order valence-electron chi connectivity index (χ4n) is 4.91. The maximum atomic E-state index is 13.0. The topological polar surface area (TPSA) is 98.8 Å². The van der Waals surface area contributed by atoms with Crippen LogP contribution in [0.2, 0.25) is 0 Å². The van der Waals surface area contributed by atoms with Crippen LogP contribution in [0.15, 0.2) is 24.3 Å². The first kappa shape index (κ1) is 21.3. The van der Waals surface area contributed by atoms with Crippen molar-refractivity contribution in [3.8, 4) is 0 Å². The standard InChI is InChI=1S/C23H30N4O4/c1-2-16-8-10-23(11-9-16)21(30)27(22(31)25-23)15-19(28)24-18-7-5-6-17(14-18)20(29)26-12-3-4-13-26/h5-7,14,16H,2-4,8-13,15H2,1H3,(H,24,28)(H,25,31). The van der Waals surface area contributed by atoms with E-state index in [0.29, 0.717) is 30.0 Å². The summed E-state index contributed by atoms with van der Waals surface area (Å²) in [4.78, 5) is 53.4. The Morgan fingerprint density at radius 1 is 1.16 bits per heavy atom. The Hall–Kier alpha value is -2.90. The average molecular weight is 427 g/mol. The highest BCUT2D eigenvalue weighted by Crippen LogP contribution is 2.37. The summed E-state index contributed by atoms with van der Waals surface area (Å²) in [5.74, 6) is -0.232. The van der Waals surface area contributed by atoms with Crippen LogP contribution in [0.4, 0.5) is 10.5 Å². The number of likely N-dealkylation sites (tertiary alicyclic amines) is 1. The van der Waals surface area contributed by atoms with E-state index in [4.69, 9.17) is 0 Å². The van der Waals surface area contributed by atoms with Gasteiger partial charge in [-0.3, -0.25) is 19.3 Å². The van der Waals surface area contributed by atoms with Gasteiger partial charge in [0.15, 0.2) is 0 Å². The summed E-state index contributed by atoms with van der Waals surface area (Å²) in [7, 11) is 0. The fourth-order valence-corrected chi connectivity index (χ4v) is 4.91. The lowest BCUT2D eigenvalue weighted by Gasteiger charge is -2.34. The van der Waals surface area contributed by atoms with Gasteiger partial charge in [0, 0.05) is 24.3 Å². The number of hydrogen-bond acceptors (Lipinski definition) is 4. The van der Waals surface area contributed by atoms with E-state index in [1.54, 1.807) is 29.2 Å². The second kappa shape index (κ2) is 8.69. The Kier molecular flexibility index (Phi) is 5.98. The predicted octanol–water partition coefficient (Wildman–Crippen LogP) is 2.75. The summed E-state index contributed by atoms with van der Waals surface area (Å²) in [5, 5.41) is 5.57. The monoisotopic (exact) mass is 426 g/mol. The van der Waals surface area contributed by atoms with Gasteiger partial charge in [0.1, 0.15) is 12.1 Å².